The van der Waals surface area contributed by atoms with Crippen molar-refractivity contribution < 1.29 is 14.3 Å². The van der Waals surface area contributed by atoms with Gasteiger partial charge in [-0.2, -0.15) is 0 Å². The topological polar surface area (TPSA) is 46.6 Å². The number of methoxy groups -OCH3 is 1. The Labute approximate surface area is 121 Å². The molecular weight excluding hydrogens is 310 g/mol. The minimum atomic E-state index is -0.303. The van der Waals surface area contributed by atoms with Gasteiger partial charge in [-0.1, -0.05) is 28.9 Å². The largest absolute Gasteiger partial charge is 0.469 e. The lowest BCUT2D eigenvalue weighted by Gasteiger charge is -2.21. The highest BCUT2D eigenvalue weighted by Gasteiger charge is 2.16. The molecule has 104 valence electrons. The van der Waals surface area contributed by atoms with E-state index in [0.717, 1.165) is 10.9 Å². The Hall–Kier alpha value is -1.36. The highest BCUT2D eigenvalue weighted by molar-refractivity contribution is 9.10. The zero-order chi connectivity index (χ0) is 14.3. The summed E-state index contributed by atoms with van der Waals surface area (Å²) >= 11 is 3.35. The Kier molecular flexibility index (Phi) is 6.56. The summed E-state index contributed by atoms with van der Waals surface area (Å²) in [4.78, 5) is 25.2. The number of halogens is 1. The van der Waals surface area contributed by atoms with E-state index < -0.39 is 0 Å². The quantitative estimate of drug-likeness (QED) is 0.755. The maximum Gasteiger partial charge on any atom is 0.307 e. The summed E-state index contributed by atoms with van der Waals surface area (Å²) in [5.41, 5.74) is 0.618. The molecule has 0 radical (unpaired) electrons. The highest BCUT2D eigenvalue weighted by Crippen LogP contribution is 2.14. The second-order valence-electron chi connectivity index (χ2n) is 4.13. The number of ether oxygens (including phenoxy) is 1. The molecule has 0 saturated carbocycles. The molecule has 0 bridgehead atoms. The van der Waals surface area contributed by atoms with Gasteiger partial charge < -0.3 is 9.64 Å². The molecule has 0 aromatic heterocycles. The molecule has 1 aromatic carbocycles. The number of hydrogen-bond donors (Lipinski definition) is 0. The van der Waals surface area contributed by atoms with E-state index in [1.165, 1.54) is 7.11 Å². The third-order valence-corrected chi connectivity index (χ3v) is 3.16. The second kappa shape index (κ2) is 7.94. The zero-order valence-electron chi connectivity index (χ0n) is 11.2. The number of esters is 1. The number of carbonyl (C=O) groups is 2. The van der Waals surface area contributed by atoms with Gasteiger partial charge in [-0.3, -0.25) is 9.59 Å². The van der Waals surface area contributed by atoms with Gasteiger partial charge in [0.25, 0.3) is 5.91 Å². The van der Waals surface area contributed by atoms with Crippen LogP contribution in [0.15, 0.2) is 28.7 Å². The molecule has 0 heterocycles. The molecule has 0 unspecified atom stereocenters. The first-order valence-corrected chi connectivity index (χ1v) is 6.99. The van der Waals surface area contributed by atoms with Crippen LogP contribution < -0.4 is 0 Å². The van der Waals surface area contributed by atoms with Gasteiger partial charge in [0.15, 0.2) is 0 Å². The fraction of sp³-hybridized carbons (Fsp3) is 0.429. The van der Waals surface area contributed by atoms with Crippen molar-refractivity contribution in [3.05, 3.63) is 34.3 Å². The molecular formula is C14H18BrNO3. The van der Waals surface area contributed by atoms with Crippen molar-refractivity contribution in [1.82, 2.24) is 4.90 Å². The molecule has 5 heteroatoms. The maximum atomic E-state index is 12.3. The smallest absolute Gasteiger partial charge is 0.307 e. The number of amides is 1. The maximum absolute atomic E-state index is 12.3. The Morgan fingerprint density at radius 1 is 1.32 bits per heavy atom. The summed E-state index contributed by atoms with van der Waals surface area (Å²) < 4.78 is 5.46. The Morgan fingerprint density at radius 3 is 2.63 bits per heavy atom. The molecule has 1 rings (SSSR count). The second-order valence-corrected chi connectivity index (χ2v) is 5.04. The first-order valence-electron chi connectivity index (χ1n) is 6.20. The van der Waals surface area contributed by atoms with Crippen LogP contribution in [0.1, 0.15) is 30.1 Å². The van der Waals surface area contributed by atoms with Crippen LogP contribution in [0.5, 0.6) is 0 Å². The molecule has 0 fully saturated rings. The van der Waals surface area contributed by atoms with Crippen LogP contribution >= 0.6 is 15.9 Å². The SMILES string of the molecule is CCCN(CCC(=O)OC)C(=O)c1cccc(Br)c1. The van der Waals surface area contributed by atoms with E-state index in [0.29, 0.717) is 18.7 Å². The lowest BCUT2D eigenvalue weighted by molar-refractivity contribution is -0.140. The van der Waals surface area contributed by atoms with Crippen molar-refractivity contribution in [1.29, 1.82) is 0 Å². The summed E-state index contributed by atoms with van der Waals surface area (Å²) in [5.74, 6) is -0.366. The van der Waals surface area contributed by atoms with Gasteiger partial charge in [0.2, 0.25) is 0 Å². The van der Waals surface area contributed by atoms with E-state index in [-0.39, 0.29) is 18.3 Å². The fourth-order valence-corrected chi connectivity index (χ4v) is 2.12. The molecule has 1 aromatic rings. The lowest BCUT2D eigenvalue weighted by Crippen LogP contribution is -2.33. The number of hydrogen-bond acceptors (Lipinski definition) is 3. The van der Waals surface area contributed by atoms with E-state index in [1.807, 2.05) is 19.1 Å². The van der Waals surface area contributed by atoms with Gasteiger partial charge in [-0.05, 0) is 24.6 Å². The first kappa shape index (κ1) is 15.7. The van der Waals surface area contributed by atoms with E-state index in [9.17, 15) is 9.59 Å². The van der Waals surface area contributed by atoms with Crippen molar-refractivity contribution in [3.63, 3.8) is 0 Å². The third-order valence-electron chi connectivity index (χ3n) is 2.67. The summed E-state index contributed by atoms with van der Waals surface area (Å²) in [5, 5.41) is 0. The molecule has 0 aliphatic rings. The number of carbonyl (C=O) groups excluding carboxylic acids is 2. The number of benzene rings is 1. The minimum absolute atomic E-state index is 0.0629. The normalized spacial score (nSPS) is 10.1. The van der Waals surface area contributed by atoms with Crippen LogP contribution in [0, 0.1) is 0 Å². The summed E-state index contributed by atoms with van der Waals surface area (Å²) in [6.07, 6.45) is 1.07. The first-order chi connectivity index (χ1) is 9.08. The predicted octanol–water partition coefficient (Wildman–Crippen LogP) is 2.86. The van der Waals surface area contributed by atoms with Crippen molar-refractivity contribution in [2.75, 3.05) is 20.2 Å². The summed E-state index contributed by atoms with van der Waals surface area (Å²) in [7, 11) is 1.35. The average Bonchev–Trinajstić information content (AvgIpc) is 2.42. The fourth-order valence-electron chi connectivity index (χ4n) is 1.72. The van der Waals surface area contributed by atoms with Crippen molar-refractivity contribution in [3.8, 4) is 0 Å². The van der Waals surface area contributed by atoms with Crippen molar-refractivity contribution in [2.45, 2.75) is 19.8 Å². The van der Waals surface area contributed by atoms with E-state index in [1.54, 1.807) is 17.0 Å². The lowest BCUT2D eigenvalue weighted by atomic mass is 10.2. The molecule has 0 atom stereocenters. The number of rotatable bonds is 6. The van der Waals surface area contributed by atoms with Gasteiger partial charge in [0, 0.05) is 23.1 Å². The van der Waals surface area contributed by atoms with E-state index in [4.69, 9.17) is 0 Å². The van der Waals surface area contributed by atoms with Gasteiger partial charge in [-0.25, -0.2) is 0 Å². The Morgan fingerprint density at radius 2 is 2.05 bits per heavy atom. The van der Waals surface area contributed by atoms with Gasteiger partial charge in [0.05, 0.1) is 13.5 Å². The standard InChI is InChI=1S/C14H18BrNO3/c1-3-8-16(9-7-13(17)19-2)14(18)11-5-4-6-12(15)10-11/h4-6,10H,3,7-9H2,1-2H3. The number of nitrogens with zero attached hydrogens (tertiary/aromatic N) is 1. The van der Waals surface area contributed by atoms with Gasteiger partial charge >= 0.3 is 5.97 Å². The van der Waals surface area contributed by atoms with Crippen LogP contribution in [0.25, 0.3) is 0 Å². The summed E-state index contributed by atoms with van der Waals surface area (Å²) in [6.45, 7) is 3.01. The van der Waals surface area contributed by atoms with Crippen molar-refractivity contribution >= 4 is 27.8 Å². The van der Waals surface area contributed by atoms with Crippen LogP contribution in [0.2, 0.25) is 0 Å². The molecule has 0 aliphatic heterocycles. The predicted molar refractivity (Wildman–Crippen MR) is 77.0 cm³/mol. The monoisotopic (exact) mass is 327 g/mol. The average molecular weight is 328 g/mol. The molecule has 4 nitrogen and oxygen atoms in total. The Balaban J connectivity index is 2.74. The molecule has 0 N–H and O–H groups in total. The zero-order valence-corrected chi connectivity index (χ0v) is 12.8. The molecule has 0 saturated heterocycles. The van der Waals surface area contributed by atoms with Crippen LogP contribution in [-0.4, -0.2) is 37.0 Å². The molecule has 0 spiro atoms. The van der Waals surface area contributed by atoms with Gasteiger partial charge in [-0.15, -0.1) is 0 Å². The van der Waals surface area contributed by atoms with Crippen LogP contribution in [0.3, 0.4) is 0 Å². The van der Waals surface area contributed by atoms with Gasteiger partial charge in [0.1, 0.15) is 0 Å². The van der Waals surface area contributed by atoms with Crippen LogP contribution in [0.4, 0.5) is 0 Å². The molecule has 1 amide bonds. The summed E-state index contributed by atoms with van der Waals surface area (Å²) in [6, 6.07) is 7.24. The Bertz CT molecular complexity index is 448. The van der Waals surface area contributed by atoms with E-state index >= 15 is 0 Å². The van der Waals surface area contributed by atoms with Crippen molar-refractivity contribution in [2.24, 2.45) is 0 Å². The molecule has 0 aliphatic carbocycles. The van der Waals surface area contributed by atoms with Crippen LogP contribution in [-0.2, 0) is 9.53 Å². The molecule has 19 heavy (non-hydrogen) atoms. The third kappa shape index (κ3) is 5.03. The minimum Gasteiger partial charge on any atom is -0.469 e. The highest BCUT2D eigenvalue weighted by atomic mass is 79.9. The van der Waals surface area contributed by atoms with E-state index in [2.05, 4.69) is 20.7 Å².